The summed E-state index contributed by atoms with van der Waals surface area (Å²) in [5, 5.41) is 7.50. The highest BCUT2D eigenvalue weighted by Gasteiger charge is 2.41. The molecule has 1 spiro atoms. The topological polar surface area (TPSA) is 58.3 Å². The molecule has 1 saturated carbocycles. The molecule has 7 heteroatoms. The minimum absolute atomic E-state index is 0. The van der Waals surface area contributed by atoms with E-state index >= 15 is 0 Å². The highest BCUT2D eigenvalue weighted by Crippen LogP contribution is 2.45. The zero-order valence-electron chi connectivity index (χ0n) is 12.9. The Labute approximate surface area is 143 Å². The average Bonchev–Trinajstić information content (AvgIpc) is 3.16. The molecule has 0 amide bonds. The first kappa shape index (κ1) is 16.5. The molecule has 2 aliphatic rings. The third kappa shape index (κ3) is 3.49. The number of guanidine groups is 1. The summed E-state index contributed by atoms with van der Waals surface area (Å²) < 4.78 is 1.79. The third-order valence-electron chi connectivity index (χ3n) is 4.82. The molecule has 0 radical (unpaired) electrons. The van der Waals surface area contributed by atoms with Gasteiger partial charge in [0.05, 0.1) is 6.54 Å². The van der Waals surface area contributed by atoms with E-state index in [-0.39, 0.29) is 24.0 Å². The van der Waals surface area contributed by atoms with Crippen LogP contribution in [0.5, 0.6) is 0 Å². The number of halogens is 1. The highest BCUT2D eigenvalue weighted by atomic mass is 127. The van der Waals surface area contributed by atoms with E-state index in [0.29, 0.717) is 12.0 Å². The number of aliphatic imine (C=N–C) groups is 1. The fourth-order valence-corrected chi connectivity index (χ4v) is 3.62. The van der Waals surface area contributed by atoms with Crippen LogP contribution in [0.1, 0.15) is 37.9 Å². The second kappa shape index (κ2) is 6.93. The quantitative estimate of drug-likeness (QED) is 0.464. The van der Waals surface area contributed by atoms with Crippen molar-refractivity contribution in [3.8, 4) is 0 Å². The van der Waals surface area contributed by atoms with Crippen LogP contribution in [0.4, 0.5) is 0 Å². The zero-order valence-corrected chi connectivity index (χ0v) is 15.2. The van der Waals surface area contributed by atoms with Gasteiger partial charge in [0, 0.05) is 27.2 Å². The van der Waals surface area contributed by atoms with Gasteiger partial charge in [-0.3, -0.25) is 9.67 Å². The second-order valence-corrected chi connectivity index (χ2v) is 6.08. The van der Waals surface area contributed by atoms with Gasteiger partial charge in [0.2, 0.25) is 0 Å². The molecule has 118 valence electrons. The SMILES string of the molecule is CN=C(NCc1ncnn1C)N1CCC2(CCCC2)C1.I. The molecule has 0 aromatic carbocycles. The Morgan fingerprint density at radius 1 is 1.38 bits per heavy atom. The highest BCUT2D eigenvalue weighted by molar-refractivity contribution is 14.0. The summed E-state index contributed by atoms with van der Waals surface area (Å²) in [6, 6.07) is 0. The van der Waals surface area contributed by atoms with Crippen LogP contribution in [0, 0.1) is 5.41 Å². The van der Waals surface area contributed by atoms with Gasteiger partial charge in [0.15, 0.2) is 5.96 Å². The van der Waals surface area contributed by atoms with Crippen molar-refractivity contribution in [2.45, 2.75) is 38.6 Å². The van der Waals surface area contributed by atoms with Gasteiger partial charge in [-0.05, 0) is 24.7 Å². The molecule has 1 N–H and O–H groups in total. The third-order valence-corrected chi connectivity index (χ3v) is 4.82. The van der Waals surface area contributed by atoms with E-state index in [0.717, 1.165) is 24.9 Å². The van der Waals surface area contributed by atoms with Crippen LogP contribution in [0.2, 0.25) is 0 Å². The van der Waals surface area contributed by atoms with Crippen molar-refractivity contribution in [1.29, 1.82) is 0 Å². The van der Waals surface area contributed by atoms with Crippen LogP contribution in [0.15, 0.2) is 11.3 Å². The molecular formula is C14H25IN6. The Balaban J connectivity index is 0.00000161. The van der Waals surface area contributed by atoms with Gasteiger partial charge in [-0.25, -0.2) is 4.98 Å². The van der Waals surface area contributed by atoms with E-state index < -0.39 is 0 Å². The van der Waals surface area contributed by atoms with E-state index in [2.05, 4.69) is 25.3 Å². The second-order valence-electron chi connectivity index (χ2n) is 6.08. The van der Waals surface area contributed by atoms with Gasteiger partial charge in [0.1, 0.15) is 12.2 Å². The lowest BCUT2D eigenvalue weighted by atomic mass is 9.86. The summed E-state index contributed by atoms with van der Waals surface area (Å²) in [6.07, 6.45) is 8.49. The van der Waals surface area contributed by atoms with Crippen LogP contribution in [0.25, 0.3) is 0 Å². The summed E-state index contributed by atoms with van der Waals surface area (Å²) in [4.78, 5) is 11.1. The molecule has 0 bridgehead atoms. The van der Waals surface area contributed by atoms with Crippen molar-refractivity contribution in [3.63, 3.8) is 0 Å². The van der Waals surface area contributed by atoms with Gasteiger partial charge in [-0.1, -0.05) is 12.8 Å². The van der Waals surface area contributed by atoms with E-state index in [4.69, 9.17) is 0 Å². The Morgan fingerprint density at radius 2 is 2.14 bits per heavy atom. The lowest BCUT2D eigenvalue weighted by molar-refractivity contribution is 0.309. The van der Waals surface area contributed by atoms with E-state index in [9.17, 15) is 0 Å². The molecule has 6 nitrogen and oxygen atoms in total. The molecule has 2 heterocycles. The van der Waals surface area contributed by atoms with Crippen LogP contribution in [0.3, 0.4) is 0 Å². The lowest BCUT2D eigenvalue weighted by Gasteiger charge is -2.25. The number of rotatable bonds is 2. The Hall–Kier alpha value is -0.860. The number of nitrogens with one attached hydrogen (secondary N) is 1. The van der Waals surface area contributed by atoms with E-state index in [1.54, 1.807) is 11.0 Å². The first-order valence-electron chi connectivity index (χ1n) is 7.51. The van der Waals surface area contributed by atoms with Crippen molar-refractivity contribution in [1.82, 2.24) is 25.0 Å². The first-order valence-corrected chi connectivity index (χ1v) is 7.51. The Bertz CT molecular complexity index is 491. The van der Waals surface area contributed by atoms with Crippen LogP contribution < -0.4 is 5.32 Å². The smallest absolute Gasteiger partial charge is 0.194 e. The molecule has 3 rings (SSSR count). The molecule has 1 aliphatic carbocycles. The average molecular weight is 404 g/mol. The Kier molecular flexibility index (Phi) is 5.45. The lowest BCUT2D eigenvalue weighted by Crippen LogP contribution is -2.41. The predicted octanol–water partition coefficient (Wildman–Crippen LogP) is 1.77. The molecule has 0 unspecified atom stereocenters. The minimum Gasteiger partial charge on any atom is -0.349 e. The van der Waals surface area contributed by atoms with E-state index in [1.807, 2.05) is 14.1 Å². The van der Waals surface area contributed by atoms with E-state index in [1.165, 1.54) is 32.1 Å². The summed E-state index contributed by atoms with van der Waals surface area (Å²) in [5.41, 5.74) is 0.572. The number of likely N-dealkylation sites (tertiary alicyclic amines) is 1. The molecule has 1 aliphatic heterocycles. The maximum Gasteiger partial charge on any atom is 0.194 e. The van der Waals surface area contributed by atoms with Crippen molar-refractivity contribution in [2.75, 3.05) is 20.1 Å². The van der Waals surface area contributed by atoms with Crippen molar-refractivity contribution < 1.29 is 0 Å². The molecule has 1 saturated heterocycles. The number of nitrogens with zero attached hydrogens (tertiary/aromatic N) is 5. The summed E-state index contributed by atoms with van der Waals surface area (Å²) in [7, 11) is 3.77. The summed E-state index contributed by atoms with van der Waals surface area (Å²) in [5.74, 6) is 1.93. The van der Waals surface area contributed by atoms with Crippen LogP contribution in [-0.4, -0.2) is 45.8 Å². The standard InChI is InChI=1S/C14H24N6.HI/c1-15-13(16-9-12-17-11-18-19(12)2)20-8-7-14(10-20)5-3-4-6-14;/h11H,3-10H2,1-2H3,(H,15,16);1H. The van der Waals surface area contributed by atoms with Gasteiger partial charge in [-0.2, -0.15) is 5.10 Å². The van der Waals surface area contributed by atoms with Crippen LogP contribution in [-0.2, 0) is 13.6 Å². The predicted molar refractivity (Wildman–Crippen MR) is 93.7 cm³/mol. The molecule has 0 atom stereocenters. The monoisotopic (exact) mass is 404 g/mol. The number of hydrogen-bond acceptors (Lipinski definition) is 3. The van der Waals surface area contributed by atoms with Crippen LogP contribution >= 0.6 is 24.0 Å². The molecular weight excluding hydrogens is 379 g/mol. The number of hydrogen-bond donors (Lipinski definition) is 1. The molecule has 1 aromatic rings. The summed E-state index contributed by atoms with van der Waals surface area (Å²) in [6.45, 7) is 2.96. The van der Waals surface area contributed by atoms with Gasteiger partial charge < -0.3 is 10.2 Å². The number of aryl methyl sites for hydroxylation is 1. The molecule has 1 aromatic heterocycles. The minimum atomic E-state index is 0. The van der Waals surface area contributed by atoms with Crippen molar-refractivity contribution in [2.24, 2.45) is 17.5 Å². The van der Waals surface area contributed by atoms with Crippen molar-refractivity contribution in [3.05, 3.63) is 12.2 Å². The largest absolute Gasteiger partial charge is 0.349 e. The first-order chi connectivity index (χ1) is 9.72. The molecule has 2 fully saturated rings. The molecule has 21 heavy (non-hydrogen) atoms. The zero-order chi connectivity index (χ0) is 14.0. The maximum absolute atomic E-state index is 4.43. The van der Waals surface area contributed by atoms with Gasteiger partial charge in [0.25, 0.3) is 0 Å². The van der Waals surface area contributed by atoms with Gasteiger partial charge in [-0.15, -0.1) is 24.0 Å². The fourth-order valence-electron chi connectivity index (χ4n) is 3.62. The maximum atomic E-state index is 4.43. The number of aromatic nitrogens is 3. The Morgan fingerprint density at radius 3 is 2.76 bits per heavy atom. The normalized spacial score (nSPS) is 20.9. The fraction of sp³-hybridized carbons (Fsp3) is 0.786. The van der Waals surface area contributed by atoms with Gasteiger partial charge >= 0.3 is 0 Å². The summed E-state index contributed by atoms with van der Waals surface area (Å²) >= 11 is 0. The van der Waals surface area contributed by atoms with Crippen molar-refractivity contribution >= 4 is 29.9 Å².